The Bertz CT molecular complexity index is 763. The van der Waals surface area contributed by atoms with Gasteiger partial charge in [0.2, 0.25) is 0 Å². The SMILES string of the molecule is Cc1ccc(NC(=O)COc2ccc(Cl)cc2C(N)=O)cc1Cl. The molecule has 2 aromatic rings. The number of amides is 2. The lowest BCUT2D eigenvalue weighted by molar-refractivity contribution is -0.118. The number of ether oxygens (including phenoxy) is 1. The van der Waals surface area contributed by atoms with Crippen LogP contribution in [0.4, 0.5) is 5.69 Å². The molecule has 0 aliphatic rings. The Kier molecular flexibility index (Phi) is 5.47. The Morgan fingerprint density at radius 2 is 1.91 bits per heavy atom. The van der Waals surface area contributed by atoms with Crippen molar-refractivity contribution in [2.45, 2.75) is 6.92 Å². The lowest BCUT2D eigenvalue weighted by Crippen LogP contribution is -2.21. The molecule has 7 heteroatoms. The smallest absolute Gasteiger partial charge is 0.262 e. The van der Waals surface area contributed by atoms with Crippen LogP contribution in [0.15, 0.2) is 36.4 Å². The van der Waals surface area contributed by atoms with Gasteiger partial charge in [0.15, 0.2) is 6.61 Å². The molecule has 0 spiro atoms. The number of halogens is 2. The molecule has 120 valence electrons. The van der Waals surface area contributed by atoms with Crippen molar-refractivity contribution in [2.75, 3.05) is 11.9 Å². The first-order chi connectivity index (χ1) is 10.9. The van der Waals surface area contributed by atoms with Crippen LogP contribution in [0.1, 0.15) is 15.9 Å². The molecule has 2 aromatic carbocycles. The predicted molar refractivity (Wildman–Crippen MR) is 90.3 cm³/mol. The van der Waals surface area contributed by atoms with Crippen molar-refractivity contribution in [1.29, 1.82) is 0 Å². The standard InChI is InChI=1S/C16H14Cl2N2O3/c1-9-2-4-11(7-13(9)18)20-15(21)8-23-14-5-3-10(17)6-12(14)16(19)22/h2-7H,8H2,1H3,(H2,19,22)(H,20,21). The maximum absolute atomic E-state index is 11.9. The molecule has 0 radical (unpaired) electrons. The third-order valence-electron chi connectivity index (χ3n) is 3.02. The zero-order valence-electron chi connectivity index (χ0n) is 12.2. The molecular weight excluding hydrogens is 339 g/mol. The van der Waals surface area contributed by atoms with Gasteiger partial charge in [-0.1, -0.05) is 29.3 Å². The van der Waals surface area contributed by atoms with Crippen molar-refractivity contribution in [2.24, 2.45) is 5.73 Å². The molecule has 0 heterocycles. The van der Waals surface area contributed by atoms with E-state index in [-0.39, 0.29) is 17.9 Å². The van der Waals surface area contributed by atoms with Crippen LogP contribution in [0.2, 0.25) is 10.0 Å². The molecule has 0 atom stereocenters. The summed E-state index contributed by atoms with van der Waals surface area (Å²) in [7, 11) is 0. The molecule has 5 nitrogen and oxygen atoms in total. The third-order valence-corrected chi connectivity index (χ3v) is 3.66. The second-order valence-electron chi connectivity index (χ2n) is 4.81. The first kappa shape index (κ1) is 17.1. The molecule has 0 bridgehead atoms. The van der Waals surface area contributed by atoms with Gasteiger partial charge in [-0.05, 0) is 42.8 Å². The second-order valence-corrected chi connectivity index (χ2v) is 5.65. The zero-order valence-corrected chi connectivity index (χ0v) is 13.7. The summed E-state index contributed by atoms with van der Waals surface area (Å²) in [4.78, 5) is 23.3. The van der Waals surface area contributed by atoms with Crippen molar-refractivity contribution in [3.8, 4) is 5.75 Å². The topological polar surface area (TPSA) is 81.4 Å². The molecular formula is C16H14Cl2N2O3. The molecule has 3 N–H and O–H groups in total. The minimum atomic E-state index is -0.687. The largest absolute Gasteiger partial charge is 0.483 e. The van der Waals surface area contributed by atoms with Crippen LogP contribution >= 0.6 is 23.2 Å². The summed E-state index contributed by atoms with van der Waals surface area (Å²) < 4.78 is 5.34. The minimum Gasteiger partial charge on any atom is -0.483 e. The van der Waals surface area contributed by atoms with Crippen LogP contribution in [0.5, 0.6) is 5.75 Å². The summed E-state index contributed by atoms with van der Waals surface area (Å²) >= 11 is 11.8. The summed E-state index contributed by atoms with van der Waals surface area (Å²) in [6.45, 7) is 1.58. The molecule has 0 fully saturated rings. The number of hydrogen-bond donors (Lipinski definition) is 2. The van der Waals surface area contributed by atoms with Crippen LogP contribution < -0.4 is 15.8 Å². The summed E-state index contributed by atoms with van der Waals surface area (Å²) in [5, 5.41) is 3.55. The minimum absolute atomic E-state index is 0.115. The Hall–Kier alpha value is -2.24. The fourth-order valence-corrected chi connectivity index (χ4v) is 2.18. The summed E-state index contributed by atoms with van der Waals surface area (Å²) in [6.07, 6.45) is 0. The fraction of sp³-hybridized carbons (Fsp3) is 0.125. The number of benzene rings is 2. The van der Waals surface area contributed by atoms with Gasteiger partial charge in [-0.15, -0.1) is 0 Å². The molecule has 0 aliphatic heterocycles. The van der Waals surface area contributed by atoms with Gasteiger partial charge >= 0.3 is 0 Å². The molecule has 0 aliphatic carbocycles. The van der Waals surface area contributed by atoms with Gasteiger partial charge in [0.25, 0.3) is 11.8 Å². The zero-order chi connectivity index (χ0) is 17.0. The van der Waals surface area contributed by atoms with E-state index in [2.05, 4.69) is 5.32 Å². The van der Waals surface area contributed by atoms with Crippen LogP contribution in [0.25, 0.3) is 0 Å². The van der Waals surface area contributed by atoms with Gasteiger partial charge in [0, 0.05) is 15.7 Å². The molecule has 2 rings (SSSR count). The van der Waals surface area contributed by atoms with Gasteiger partial charge in [-0.2, -0.15) is 0 Å². The average Bonchev–Trinajstić information content (AvgIpc) is 2.49. The quantitative estimate of drug-likeness (QED) is 0.864. The van der Waals surface area contributed by atoms with Crippen LogP contribution in [-0.2, 0) is 4.79 Å². The summed E-state index contributed by atoms with van der Waals surface area (Å²) in [5.74, 6) is -0.887. The van der Waals surface area contributed by atoms with E-state index in [1.165, 1.54) is 12.1 Å². The normalized spacial score (nSPS) is 10.2. The maximum atomic E-state index is 11.9. The van der Waals surface area contributed by atoms with Crippen molar-refractivity contribution in [3.63, 3.8) is 0 Å². The highest BCUT2D eigenvalue weighted by Gasteiger charge is 2.12. The highest BCUT2D eigenvalue weighted by Crippen LogP contribution is 2.23. The number of nitrogens with two attached hydrogens (primary N) is 1. The van der Waals surface area contributed by atoms with Crippen molar-refractivity contribution in [1.82, 2.24) is 0 Å². The van der Waals surface area contributed by atoms with Gasteiger partial charge in [-0.25, -0.2) is 0 Å². The lowest BCUT2D eigenvalue weighted by Gasteiger charge is -2.11. The summed E-state index contributed by atoms with van der Waals surface area (Å²) in [6, 6.07) is 9.58. The molecule has 0 saturated heterocycles. The van der Waals surface area contributed by atoms with E-state index >= 15 is 0 Å². The van der Waals surface area contributed by atoms with E-state index in [9.17, 15) is 9.59 Å². The number of anilines is 1. The van der Waals surface area contributed by atoms with Gasteiger partial charge in [0.05, 0.1) is 5.56 Å². The Morgan fingerprint density at radius 1 is 1.17 bits per heavy atom. The first-order valence-electron chi connectivity index (χ1n) is 6.65. The molecule has 2 amide bonds. The van der Waals surface area contributed by atoms with Crippen molar-refractivity contribution in [3.05, 3.63) is 57.6 Å². The van der Waals surface area contributed by atoms with E-state index in [1.54, 1.807) is 24.3 Å². The predicted octanol–water partition coefficient (Wildman–Crippen LogP) is 3.42. The third kappa shape index (κ3) is 4.61. The Balaban J connectivity index is 2.02. The number of rotatable bonds is 5. The number of nitrogens with one attached hydrogen (secondary N) is 1. The number of aryl methyl sites for hydroxylation is 1. The Labute approximate surface area is 143 Å². The highest BCUT2D eigenvalue weighted by atomic mass is 35.5. The number of carbonyl (C=O) groups excluding carboxylic acids is 2. The van der Waals surface area contributed by atoms with E-state index in [1.807, 2.05) is 6.92 Å². The molecule has 0 unspecified atom stereocenters. The lowest BCUT2D eigenvalue weighted by atomic mass is 10.2. The maximum Gasteiger partial charge on any atom is 0.262 e. The van der Waals surface area contributed by atoms with Gasteiger partial charge in [-0.3, -0.25) is 9.59 Å². The summed E-state index contributed by atoms with van der Waals surface area (Å²) in [5.41, 5.74) is 6.83. The van der Waals surface area contributed by atoms with Gasteiger partial charge < -0.3 is 15.8 Å². The van der Waals surface area contributed by atoms with E-state index in [0.29, 0.717) is 15.7 Å². The van der Waals surface area contributed by atoms with Crippen LogP contribution in [0, 0.1) is 6.92 Å². The fourth-order valence-electron chi connectivity index (χ4n) is 1.83. The first-order valence-corrected chi connectivity index (χ1v) is 7.40. The van der Waals surface area contributed by atoms with Crippen LogP contribution in [0.3, 0.4) is 0 Å². The second kappa shape index (κ2) is 7.35. The Morgan fingerprint density at radius 3 is 2.57 bits per heavy atom. The number of hydrogen-bond acceptors (Lipinski definition) is 3. The van der Waals surface area contributed by atoms with Crippen molar-refractivity contribution < 1.29 is 14.3 Å². The monoisotopic (exact) mass is 352 g/mol. The molecule has 23 heavy (non-hydrogen) atoms. The van der Waals surface area contributed by atoms with E-state index in [0.717, 1.165) is 5.56 Å². The van der Waals surface area contributed by atoms with E-state index in [4.69, 9.17) is 33.7 Å². The van der Waals surface area contributed by atoms with Crippen LogP contribution in [-0.4, -0.2) is 18.4 Å². The number of carbonyl (C=O) groups is 2. The number of primary amides is 1. The van der Waals surface area contributed by atoms with Gasteiger partial charge in [0.1, 0.15) is 5.75 Å². The average molecular weight is 353 g/mol. The van der Waals surface area contributed by atoms with Crippen molar-refractivity contribution >= 4 is 40.7 Å². The molecule has 0 aromatic heterocycles. The molecule has 0 saturated carbocycles. The highest BCUT2D eigenvalue weighted by molar-refractivity contribution is 6.31. The van der Waals surface area contributed by atoms with E-state index < -0.39 is 11.8 Å².